The van der Waals surface area contributed by atoms with Gasteiger partial charge in [-0.2, -0.15) is 0 Å². The molecule has 20 heavy (non-hydrogen) atoms. The van der Waals surface area contributed by atoms with E-state index in [4.69, 9.17) is 10.5 Å². The summed E-state index contributed by atoms with van der Waals surface area (Å²) in [7, 11) is 1.36. The van der Waals surface area contributed by atoms with Gasteiger partial charge in [0.2, 0.25) is 5.75 Å². The van der Waals surface area contributed by atoms with Crippen molar-refractivity contribution in [3.05, 3.63) is 27.8 Å². The van der Waals surface area contributed by atoms with Crippen molar-refractivity contribution in [1.29, 1.82) is 0 Å². The molecule has 0 saturated heterocycles. The largest absolute Gasteiger partial charge is 0.500 e. The lowest BCUT2D eigenvalue weighted by Crippen LogP contribution is -2.19. The Balaban J connectivity index is 0.00000200. The smallest absolute Gasteiger partial charge is 0.314 e. The number of benzene rings is 1. The Bertz CT molecular complexity index is 490. The van der Waals surface area contributed by atoms with Crippen molar-refractivity contribution < 1.29 is 14.8 Å². The molecule has 0 unspecified atom stereocenters. The summed E-state index contributed by atoms with van der Waals surface area (Å²) in [6, 6.07) is 2.68. The summed E-state index contributed by atoms with van der Waals surface area (Å²) in [5, 5.41) is 20.7. The lowest BCUT2D eigenvalue weighted by Gasteiger charge is -2.20. The van der Waals surface area contributed by atoms with Crippen LogP contribution in [0.25, 0.3) is 0 Å². The van der Waals surface area contributed by atoms with Crippen LogP contribution in [0.3, 0.4) is 0 Å². The fourth-order valence-corrected chi connectivity index (χ4v) is 2.69. The van der Waals surface area contributed by atoms with Crippen LogP contribution in [0.1, 0.15) is 37.3 Å². The fraction of sp³-hybridized carbons (Fsp3) is 0.538. The molecule has 1 aliphatic rings. The van der Waals surface area contributed by atoms with Gasteiger partial charge in [0.1, 0.15) is 0 Å². The number of aromatic hydroxyl groups is 1. The summed E-state index contributed by atoms with van der Waals surface area (Å²) < 4.78 is 4.98. The Labute approximate surface area is 123 Å². The third-order valence-corrected chi connectivity index (χ3v) is 3.79. The number of nitrogens with two attached hydrogens (primary N) is 1. The Kier molecular flexibility index (Phi) is 5.59. The van der Waals surface area contributed by atoms with Crippen molar-refractivity contribution in [2.75, 3.05) is 7.11 Å². The van der Waals surface area contributed by atoms with Crippen LogP contribution in [-0.2, 0) is 0 Å². The molecular formula is C13H19ClN2O4. The summed E-state index contributed by atoms with van der Waals surface area (Å²) in [5.74, 6) is -0.0126. The number of hydrogen-bond donors (Lipinski definition) is 2. The third-order valence-electron chi connectivity index (χ3n) is 3.79. The van der Waals surface area contributed by atoms with E-state index < -0.39 is 10.7 Å². The minimum Gasteiger partial charge on any atom is -0.500 e. The zero-order valence-electron chi connectivity index (χ0n) is 11.2. The predicted octanol–water partition coefficient (Wildman–Crippen LogP) is 2.92. The highest BCUT2D eigenvalue weighted by molar-refractivity contribution is 5.85. The van der Waals surface area contributed by atoms with Crippen molar-refractivity contribution >= 4 is 18.1 Å². The van der Waals surface area contributed by atoms with Gasteiger partial charge in [0, 0.05) is 12.1 Å². The Hall–Kier alpha value is -1.53. The molecule has 0 bridgehead atoms. The molecular weight excluding hydrogens is 284 g/mol. The minimum atomic E-state index is -0.622. The average molecular weight is 303 g/mol. The van der Waals surface area contributed by atoms with Crippen LogP contribution in [0.4, 0.5) is 5.69 Å². The standard InChI is InChI=1S/C13H18N2O4.ClH/c1-19-11-7-9(6-10(13(11)16)15(17)18)12(14)8-4-2-3-5-8;/h6-8,12,16H,2-5,14H2,1H3;1H/t12-;/m1./s1. The van der Waals surface area contributed by atoms with Gasteiger partial charge < -0.3 is 15.6 Å². The monoisotopic (exact) mass is 302 g/mol. The van der Waals surface area contributed by atoms with Crippen LogP contribution in [0.2, 0.25) is 0 Å². The van der Waals surface area contributed by atoms with E-state index in [9.17, 15) is 15.2 Å². The van der Waals surface area contributed by atoms with E-state index in [0.29, 0.717) is 11.5 Å². The number of ether oxygens (including phenoxy) is 1. The first-order chi connectivity index (χ1) is 9.04. The second-order valence-corrected chi connectivity index (χ2v) is 4.92. The van der Waals surface area contributed by atoms with Crippen molar-refractivity contribution in [1.82, 2.24) is 0 Å². The van der Waals surface area contributed by atoms with Crippen molar-refractivity contribution in [3.63, 3.8) is 0 Å². The summed E-state index contributed by atoms with van der Waals surface area (Å²) in [5.41, 5.74) is 6.47. The molecule has 1 fully saturated rings. The second-order valence-electron chi connectivity index (χ2n) is 4.92. The highest BCUT2D eigenvalue weighted by Gasteiger charge is 2.27. The van der Waals surface area contributed by atoms with Crippen LogP contribution >= 0.6 is 12.4 Å². The summed E-state index contributed by atoms with van der Waals surface area (Å²) in [4.78, 5) is 10.3. The number of phenols is 1. The van der Waals surface area contributed by atoms with Gasteiger partial charge in [-0.15, -0.1) is 12.4 Å². The van der Waals surface area contributed by atoms with Crippen LogP contribution < -0.4 is 10.5 Å². The summed E-state index contributed by atoms with van der Waals surface area (Å²) >= 11 is 0. The van der Waals surface area contributed by atoms with E-state index in [1.54, 1.807) is 6.07 Å². The van der Waals surface area contributed by atoms with Gasteiger partial charge in [-0.1, -0.05) is 12.8 Å². The van der Waals surface area contributed by atoms with E-state index in [1.807, 2.05) is 0 Å². The number of nitrogens with zero attached hydrogens (tertiary/aromatic N) is 1. The molecule has 112 valence electrons. The highest BCUT2D eigenvalue weighted by atomic mass is 35.5. The SMILES string of the molecule is COc1cc([C@H](N)C2CCCC2)cc([N+](=O)[O-])c1O.Cl. The van der Waals surface area contributed by atoms with Gasteiger partial charge in [-0.05, 0) is 30.4 Å². The van der Waals surface area contributed by atoms with Gasteiger partial charge in [0.25, 0.3) is 0 Å². The van der Waals surface area contributed by atoms with Gasteiger partial charge >= 0.3 is 5.69 Å². The number of rotatable bonds is 4. The minimum absolute atomic E-state index is 0. The quantitative estimate of drug-likeness (QED) is 0.658. The van der Waals surface area contributed by atoms with Gasteiger partial charge in [0.15, 0.2) is 5.75 Å². The number of nitro benzene ring substituents is 1. The molecule has 0 radical (unpaired) electrons. The predicted molar refractivity (Wildman–Crippen MR) is 77.4 cm³/mol. The number of halogens is 1. The molecule has 1 saturated carbocycles. The molecule has 1 aromatic carbocycles. The van der Waals surface area contributed by atoms with Crippen LogP contribution in [0.15, 0.2) is 12.1 Å². The Morgan fingerprint density at radius 3 is 2.55 bits per heavy atom. The maximum Gasteiger partial charge on any atom is 0.314 e. The Morgan fingerprint density at radius 1 is 1.45 bits per heavy atom. The topological polar surface area (TPSA) is 98.6 Å². The van der Waals surface area contributed by atoms with Gasteiger partial charge in [-0.3, -0.25) is 10.1 Å². The molecule has 7 heteroatoms. The number of methoxy groups -OCH3 is 1. The van der Waals surface area contributed by atoms with Crippen molar-refractivity contribution in [3.8, 4) is 11.5 Å². The van der Waals surface area contributed by atoms with E-state index in [2.05, 4.69) is 0 Å². The van der Waals surface area contributed by atoms with E-state index >= 15 is 0 Å². The fourth-order valence-electron chi connectivity index (χ4n) is 2.69. The summed E-state index contributed by atoms with van der Waals surface area (Å²) in [6.07, 6.45) is 4.38. The molecule has 0 aliphatic heterocycles. The molecule has 0 heterocycles. The molecule has 1 atom stereocenters. The van der Waals surface area contributed by atoms with E-state index in [-0.39, 0.29) is 29.9 Å². The van der Waals surface area contributed by atoms with Gasteiger partial charge in [-0.25, -0.2) is 0 Å². The molecule has 6 nitrogen and oxygen atoms in total. The maximum absolute atomic E-state index is 10.9. The number of nitro groups is 1. The second kappa shape index (κ2) is 6.76. The molecule has 3 N–H and O–H groups in total. The molecule has 0 amide bonds. The lowest BCUT2D eigenvalue weighted by atomic mass is 9.92. The zero-order valence-corrected chi connectivity index (χ0v) is 12.1. The van der Waals surface area contributed by atoms with Crippen molar-refractivity contribution in [2.24, 2.45) is 11.7 Å². The number of hydrogen-bond acceptors (Lipinski definition) is 5. The molecule has 1 aliphatic carbocycles. The lowest BCUT2D eigenvalue weighted by molar-refractivity contribution is -0.386. The summed E-state index contributed by atoms with van der Waals surface area (Å²) in [6.45, 7) is 0. The van der Waals surface area contributed by atoms with Gasteiger partial charge in [0.05, 0.1) is 12.0 Å². The highest BCUT2D eigenvalue weighted by Crippen LogP contribution is 2.41. The normalized spacial score (nSPS) is 16.5. The first-order valence-electron chi connectivity index (χ1n) is 6.35. The maximum atomic E-state index is 10.9. The molecule has 2 rings (SSSR count). The van der Waals surface area contributed by atoms with Crippen molar-refractivity contribution in [2.45, 2.75) is 31.7 Å². The first kappa shape index (κ1) is 16.5. The van der Waals surface area contributed by atoms with Crippen LogP contribution in [0.5, 0.6) is 11.5 Å². The first-order valence-corrected chi connectivity index (χ1v) is 6.35. The third kappa shape index (κ3) is 3.13. The zero-order chi connectivity index (χ0) is 14.0. The Morgan fingerprint density at radius 2 is 2.05 bits per heavy atom. The molecule has 1 aromatic rings. The van der Waals surface area contributed by atoms with Crippen LogP contribution in [-0.4, -0.2) is 17.1 Å². The van der Waals surface area contributed by atoms with E-state index in [1.165, 1.54) is 13.2 Å². The molecule has 0 aromatic heterocycles. The average Bonchev–Trinajstić information content (AvgIpc) is 2.91. The van der Waals surface area contributed by atoms with Crippen LogP contribution in [0, 0.1) is 16.0 Å². The molecule has 0 spiro atoms. The number of phenolic OH excluding ortho intramolecular Hbond substituents is 1. The van der Waals surface area contributed by atoms with E-state index in [0.717, 1.165) is 25.7 Å².